The Morgan fingerprint density at radius 2 is 0.830 bits per heavy atom. The van der Waals surface area contributed by atoms with E-state index >= 15 is 0 Å². The minimum absolute atomic E-state index is 0.196. The fourth-order valence-electron chi connectivity index (χ4n) is 10.2. The Morgan fingerprint density at radius 1 is 0.358 bits per heavy atom. The molecular weight excluding hydrogens is 639 g/mol. The van der Waals surface area contributed by atoms with Crippen LogP contribution >= 0.6 is 0 Å². The van der Waals surface area contributed by atoms with Gasteiger partial charge < -0.3 is 4.90 Å². The van der Waals surface area contributed by atoms with E-state index in [0.29, 0.717) is 0 Å². The molecule has 0 aliphatic heterocycles. The normalized spacial score (nSPS) is 14.5. The smallest absolute Gasteiger partial charge is 0.0726 e. The monoisotopic (exact) mass is 675 g/mol. The summed E-state index contributed by atoms with van der Waals surface area (Å²) in [5, 5.41) is 0. The molecule has 0 heterocycles. The van der Waals surface area contributed by atoms with Gasteiger partial charge in [0.1, 0.15) is 0 Å². The lowest BCUT2D eigenvalue weighted by atomic mass is 9.70. The molecule has 0 saturated carbocycles. The molecule has 1 spiro atoms. The number of benzene rings is 8. The van der Waals surface area contributed by atoms with E-state index in [4.69, 9.17) is 0 Å². The summed E-state index contributed by atoms with van der Waals surface area (Å²) in [6.07, 6.45) is 0. The van der Waals surface area contributed by atoms with Crippen LogP contribution in [-0.4, -0.2) is 0 Å². The summed E-state index contributed by atoms with van der Waals surface area (Å²) in [7, 11) is 0. The Labute approximate surface area is 311 Å². The highest BCUT2D eigenvalue weighted by atomic mass is 15.2. The van der Waals surface area contributed by atoms with Crippen molar-refractivity contribution >= 4 is 17.1 Å². The Morgan fingerprint density at radius 3 is 1.53 bits per heavy atom. The third-order valence-corrected chi connectivity index (χ3v) is 12.3. The first-order valence-corrected chi connectivity index (χ1v) is 18.7. The Bertz CT molecular complexity index is 2720. The molecule has 1 nitrogen and oxygen atoms in total. The summed E-state index contributed by atoms with van der Waals surface area (Å²) in [6.45, 7) is 4.79. The molecule has 0 atom stereocenters. The summed E-state index contributed by atoms with van der Waals surface area (Å²) in [4.78, 5) is 2.57. The van der Waals surface area contributed by atoms with E-state index in [2.05, 4.69) is 207 Å². The predicted molar refractivity (Wildman–Crippen MR) is 220 cm³/mol. The lowest BCUT2D eigenvalue weighted by molar-refractivity contribution is 0.661. The topological polar surface area (TPSA) is 3.24 Å². The molecular formula is C52H37N. The molecule has 53 heavy (non-hydrogen) atoms. The van der Waals surface area contributed by atoms with Gasteiger partial charge in [0.15, 0.2) is 0 Å². The van der Waals surface area contributed by atoms with E-state index in [9.17, 15) is 0 Å². The highest BCUT2D eigenvalue weighted by Crippen LogP contribution is 2.65. The van der Waals surface area contributed by atoms with Crippen molar-refractivity contribution in [2.75, 3.05) is 4.90 Å². The molecule has 250 valence electrons. The van der Waals surface area contributed by atoms with Gasteiger partial charge in [0.05, 0.1) is 16.8 Å². The van der Waals surface area contributed by atoms with Gasteiger partial charge in [0.2, 0.25) is 0 Å². The van der Waals surface area contributed by atoms with E-state index in [-0.39, 0.29) is 5.41 Å². The van der Waals surface area contributed by atoms with E-state index in [1.165, 1.54) is 89.3 Å². The first-order valence-electron chi connectivity index (χ1n) is 18.7. The van der Waals surface area contributed by atoms with Crippen LogP contribution < -0.4 is 4.90 Å². The van der Waals surface area contributed by atoms with E-state index in [1.54, 1.807) is 0 Å². The number of fused-ring (bicyclic) bond motifs is 13. The van der Waals surface area contributed by atoms with Crippen molar-refractivity contribution in [1.82, 2.24) is 0 Å². The second-order valence-electron chi connectivity index (χ2n) is 15.2. The third-order valence-electron chi connectivity index (χ3n) is 12.3. The van der Waals surface area contributed by atoms with Crippen LogP contribution in [0.3, 0.4) is 0 Å². The molecule has 0 aromatic heterocycles. The minimum Gasteiger partial charge on any atom is -0.310 e. The Balaban J connectivity index is 1.24. The maximum atomic E-state index is 2.57. The highest BCUT2D eigenvalue weighted by molar-refractivity contribution is 6.02. The molecule has 0 bridgehead atoms. The summed E-state index contributed by atoms with van der Waals surface area (Å²) < 4.78 is 0. The molecule has 8 aromatic carbocycles. The average molecular weight is 676 g/mol. The second-order valence-corrected chi connectivity index (χ2v) is 15.2. The summed E-state index contributed by atoms with van der Waals surface area (Å²) in [5.41, 5.74) is 21.4. The Hall–Kier alpha value is -6.44. The number of rotatable bonds is 4. The van der Waals surface area contributed by atoms with Crippen LogP contribution in [0.4, 0.5) is 17.1 Å². The summed E-state index contributed by atoms with van der Waals surface area (Å²) >= 11 is 0. The molecule has 0 N–H and O–H groups in total. The van der Waals surface area contributed by atoms with Gasteiger partial charge in [-0.05, 0) is 96.6 Å². The standard InChI is InChI=1S/C52H37N/c1-51(2)42-26-10-6-23-39(42)40-25-15-32-48(50(40)51)53(36-20-14-19-35(33-36)34-17-4-3-5-18-34)47-31-16-30-46-49(47)41-24-9-13-29-45(41)52(46)43-27-11-7-21-37(43)38-22-8-12-28-44(38)52/h3-33H,1-2H3. The van der Waals surface area contributed by atoms with Gasteiger partial charge >= 0.3 is 0 Å². The van der Waals surface area contributed by atoms with Crippen molar-refractivity contribution in [3.63, 3.8) is 0 Å². The zero-order valence-electron chi connectivity index (χ0n) is 29.8. The molecule has 0 unspecified atom stereocenters. The molecule has 11 rings (SSSR count). The molecule has 3 aliphatic rings. The quantitative estimate of drug-likeness (QED) is 0.179. The van der Waals surface area contributed by atoms with Crippen LogP contribution in [0.1, 0.15) is 47.2 Å². The van der Waals surface area contributed by atoms with Crippen LogP contribution in [0.25, 0.3) is 44.5 Å². The molecule has 8 aromatic rings. The fourth-order valence-corrected chi connectivity index (χ4v) is 10.2. The highest BCUT2D eigenvalue weighted by Gasteiger charge is 2.52. The van der Waals surface area contributed by atoms with Gasteiger partial charge in [0.25, 0.3) is 0 Å². The number of hydrogen-bond donors (Lipinski definition) is 0. The molecule has 3 aliphatic carbocycles. The lowest BCUT2D eigenvalue weighted by Crippen LogP contribution is -2.26. The Kier molecular flexibility index (Phi) is 6.29. The fraction of sp³-hybridized carbons (Fsp3) is 0.0769. The number of hydrogen-bond acceptors (Lipinski definition) is 1. The molecule has 0 amide bonds. The van der Waals surface area contributed by atoms with Crippen molar-refractivity contribution in [2.24, 2.45) is 0 Å². The summed E-state index contributed by atoms with van der Waals surface area (Å²) in [6, 6.07) is 70.1. The van der Waals surface area contributed by atoms with Gasteiger partial charge in [-0.25, -0.2) is 0 Å². The van der Waals surface area contributed by atoms with Crippen LogP contribution in [-0.2, 0) is 10.8 Å². The molecule has 0 saturated heterocycles. The van der Waals surface area contributed by atoms with Crippen LogP contribution in [0.15, 0.2) is 188 Å². The second kappa shape index (κ2) is 11.0. The number of anilines is 3. The summed E-state index contributed by atoms with van der Waals surface area (Å²) in [5.74, 6) is 0. The first-order chi connectivity index (χ1) is 26.1. The zero-order chi connectivity index (χ0) is 35.3. The van der Waals surface area contributed by atoms with Crippen molar-refractivity contribution in [1.29, 1.82) is 0 Å². The van der Waals surface area contributed by atoms with Crippen LogP contribution in [0.2, 0.25) is 0 Å². The van der Waals surface area contributed by atoms with Crippen molar-refractivity contribution in [2.45, 2.75) is 24.7 Å². The van der Waals surface area contributed by atoms with E-state index in [0.717, 1.165) is 5.69 Å². The average Bonchev–Trinajstić information content (AvgIpc) is 3.78. The molecule has 0 radical (unpaired) electrons. The zero-order valence-corrected chi connectivity index (χ0v) is 29.8. The van der Waals surface area contributed by atoms with Gasteiger partial charge in [-0.3, -0.25) is 0 Å². The van der Waals surface area contributed by atoms with Crippen LogP contribution in [0.5, 0.6) is 0 Å². The largest absolute Gasteiger partial charge is 0.310 e. The van der Waals surface area contributed by atoms with Gasteiger partial charge in [0, 0.05) is 16.7 Å². The van der Waals surface area contributed by atoms with Crippen molar-refractivity contribution in [3.8, 4) is 44.5 Å². The van der Waals surface area contributed by atoms with E-state index < -0.39 is 5.41 Å². The number of nitrogens with zero attached hydrogens (tertiary/aromatic N) is 1. The van der Waals surface area contributed by atoms with Gasteiger partial charge in [-0.1, -0.05) is 178 Å². The molecule has 1 heteroatoms. The van der Waals surface area contributed by atoms with Gasteiger partial charge in [-0.2, -0.15) is 0 Å². The SMILES string of the molecule is CC1(C)c2ccccc2-c2cccc(N(c3cccc(-c4ccccc4)c3)c3cccc4c3-c3ccccc3C43c4ccccc4-c4ccccc43)c21. The van der Waals surface area contributed by atoms with Crippen molar-refractivity contribution in [3.05, 3.63) is 221 Å². The maximum absolute atomic E-state index is 2.57. The minimum atomic E-state index is -0.416. The molecule has 0 fully saturated rings. The predicted octanol–water partition coefficient (Wildman–Crippen LogP) is 13.5. The third kappa shape index (κ3) is 3.97. The van der Waals surface area contributed by atoms with Gasteiger partial charge in [-0.15, -0.1) is 0 Å². The first kappa shape index (κ1) is 30.2. The van der Waals surface area contributed by atoms with E-state index in [1.807, 2.05) is 0 Å². The van der Waals surface area contributed by atoms with Crippen molar-refractivity contribution < 1.29 is 0 Å². The maximum Gasteiger partial charge on any atom is 0.0726 e. The van der Waals surface area contributed by atoms with Crippen LogP contribution in [0, 0.1) is 0 Å². The lowest BCUT2D eigenvalue weighted by Gasteiger charge is -2.34.